The molecule has 0 aromatic heterocycles. The van der Waals surface area contributed by atoms with Gasteiger partial charge in [-0.25, -0.2) is 5.43 Å². The van der Waals surface area contributed by atoms with Gasteiger partial charge in [0.25, 0.3) is 5.91 Å². The molecule has 0 atom stereocenters. The van der Waals surface area contributed by atoms with Gasteiger partial charge in [-0.15, -0.1) is 0 Å². The number of benzene rings is 2. The molecule has 2 aromatic carbocycles. The van der Waals surface area contributed by atoms with Gasteiger partial charge in [0.2, 0.25) is 0 Å². The van der Waals surface area contributed by atoms with E-state index in [1.807, 2.05) is 47.4 Å². The summed E-state index contributed by atoms with van der Waals surface area (Å²) in [6, 6.07) is 13.3. The highest BCUT2D eigenvalue weighted by molar-refractivity contribution is 14.1. The Balaban J connectivity index is 1.48. The standard InChI is InChI=1S/C20H21ClIN3O3/c21-17-4-1-15(2-5-17)14-28-19-6-3-16(11-18(19)22)12-23-24-20(26)13-25-7-9-27-10-8-25/h1-6,11-12H,7-10,13-14H2,(H,24,26)/b23-12+. The molecule has 3 rings (SSSR count). The number of amides is 1. The Morgan fingerprint density at radius 2 is 2.00 bits per heavy atom. The zero-order valence-corrected chi connectivity index (χ0v) is 18.1. The maximum atomic E-state index is 11.9. The van der Waals surface area contributed by atoms with E-state index in [1.54, 1.807) is 6.21 Å². The Morgan fingerprint density at radius 1 is 1.25 bits per heavy atom. The number of carbonyl (C=O) groups excluding carboxylic acids is 1. The van der Waals surface area contributed by atoms with Crippen molar-refractivity contribution in [2.75, 3.05) is 32.8 Å². The van der Waals surface area contributed by atoms with Gasteiger partial charge in [-0.2, -0.15) is 5.10 Å². The number of ether oxygens (including phenoxy) is 2. The van der Waals surface area contributed by atoms with Crippen LogP contribution in [0.3, 0.4) is 0 Å². The van der Waals surface area contributed by atoms with Gasteiger partial charge < -0.3 is 9.47 Å². The van der Waals surface area contributed by atoms with Crippen molar-refractivity contribution < 1.29 is 14.3 Å². The molecular formula is C20H21ClIN3O3. The highest BCUT2D eigenvalue weighted by Gasteiger charge is 2.13. The molecule has 148 valence electrons. The Kier molecular flexibility index (Phi) is 8.08. The van der Waals surface area contributed by atoms with Crippen molar-refractivity contribution in [1.29, 1.82) is 0 Å². The van der Waals surface area contributed by atoms with E-state index in [2.05, 4.69) is 33.1 Å². The molecule has 1 aliphatic heterocycles. The monoisotopic (exact) mass is 513 g/mol. The van der Waals surface area contributed by atoms with Crippen LogP contribution < -0.4 is 10.2 Å². The van der Waals surface area contributed by atoms with Crippen molar-refractivity contribution >= 4 is 46.3 Å². The van der Waals surface area contributed by atoms with Crippen molar-refractivity contribution in [3.8, 4) is 5.75 Å². The summed E-state index contributed by atoms with van der Waals surface area (Å²) in [4.78, 5) is 14.0. The number of hydrazone groups is 1. The Bertz CT molecular complexity index is 824. The lowest BCUT2D eigenvalue weighted by Gasteiger charge is -2.25. The van der Waals surface area contributed by atoms with Crippen LogP contribution >= 0.6 is 34.2 Å². The fourth-order valence-electron chi connectivity index (χ4n) is 2.63. The minimum atomic E-state index is -0.129. The second kappa shape index (κ2) is 10.8. The van der Waals surface area contributed by atoms with Gasteiger partial charge in [0.05, 0.1) is 29.5 Å². The van der Waals surface area contributed by atoms with E-state index in [-0.39, 0.29) is 5.91 Å². The number of halogens is 2. The number of rotatable bonds is 7. The number of hydrogen-bond acceptors (Lipinski definition) is 5. The topological polar surface area (TPSA) is 63.2 Å². The first-order valence-corrected chi connectivity index (χ1v) is 10.3. The average molecular weight is 514 g/mol. The Hall–Kier alpha value is -1.68. The third kappa shape index (κ3) is 6.73. The maximum absolute atomic E-state index is 11.9. The lowest BCUT2D eigenvalue weighted by atomic mass is 10.2. The first-order valence-electron chi connectivity index (χ1n) is 8.89. The first kappa shape index (κ1) is 21.0. The molecular weight excluding hydrogens is 493 g/mol. The second-order valence-corrected chi connectivity index (χ2v) is 7.89. The molecule has 1 saturated heterocycles. The third-order valence-corrected chi connectivity index (χ3v) is 5.23. The summed E-state index contributed by atoms with van der Waals surface area (Å²) in [7, 11) is 0. The van der Waals surface area contributed by atoms with Gasteiger partial charge in [-0.1, -0.05) is 23.7 Å². The summed E-state index contributed by atoms with van der Waals surface area (Å²) in [5.74, 6) is 0.666. The molecule has 0 spiro atoms. The Labute approximate surface area is 183 Å². The lowest BCUT2D eigenvalue weighted by Crippen LogP contribution is -2.42. The zero-order valence-electron chi connectivity index (χ0n) is 15.2. The normalized spacial score (nSPS) is 14.9. The number of nitrogens with zero attached hydrogens (tertiary/aromatic N) is 2. The minimum absolute atomic E-state index is 0.129. The molecule has 6 nitrogen and oxygen atoms in total. The smallest absolute Gasteiger partial charge is 0.254 e. The average Bonchev–Trinajstić information content (AvgIpc) is 2.69. The highest BCUT2D eigenvalue weighted by atomic mass is 127. The van der Waals surface area contributed by atoms with Gasteiger partial charge in [0.1, 0.15) is 12.4 Å². The summed E-state index contributed by atoms with van der Waals surface area (Å²) in [6.07, 6.45) is 1.63. The van der Waals surface area contributed by atoms with Gasteiger partial charge >= 0.3 is 0 Å². The summed E-state index contributed by atoms with van der Waals surface area (Å²) >= 11 is 8.12. The van der Waals surface area contributed by atoms with Gasteiger partial charge in [0.15, 0.2) is 0 Å². The molecule has 2 aromatic rings. The molecule has 0 saturated carbocycles. The van der Waals surface area contributed by atoms with Crippen molar-refractivity contribution in [1.82, 2.24) is 10.3 Å². The molecule has 1 N–H and O–H groups in total. The van der Waals surface area contributed by atoms with E-state index in [0.717, 1.165) is 33.5 Å². The second-order valence-electron chi connectivity index (χ2n) is 6.29. The van der Waals surface area contributed by atoms with Crippen molar-refractivity contribution in [3.05, 3.63) is 62.2 Å². The fourth-order valence-corrected chi connectivity index (χ4v) is 3.45. The largest absolute Gasteiger partial charge is 0.488 e. The molecule has 0 bridgehead atoms. The van der Waals surface area contributed by atoms with E-state index >= 15 is 0 Å². The maximum Gasteiger partial charge on any atom is 0.254 e. The molecule has 0 aliphatic carbocycles. The van der Waals surface area contributed by atoms with Gasteiger partial charge in [-0.05, 0) is 64.0 Å². The van der Waals surface area contributed by atoms with Crippen molar-refractivity contribution in [2.24, 2.45) is 5.10 Å². The number of hydrogen-bond donors (Lipinski definition) is 1. The van der Waals surface area contributed by atoms with Crippen LogP contribution in [0.4, 0.5) is 0 Å². The summed E-state index contributed by atoms with van der Waals surface area (Å²) in [5, 5.41) is 4.75. The minimum Gasteiger partial charge on any atom is -0.488 e. The van der Waals surface area contributed by atoms with Crippen molar-refractivity contribution in [2.45, 2.75) is 6.61 Å². The number of morpholine rings is 1. The molecule has 1 aliphatic rings. The fraction of sp³-hybridized carbons (Fsp3) is 0.300. The summed E-state index contributed by atoms with van der Waals surface area (Å²) < 4.78 is 12.1. The highest BCUT2D eigenvalue weighted by Crippen LogP contribution is 2.23. The van der Waals surface area contributed by atoms with Crippen LogP contribution in [0.1, 0.15) is 11.1 Å². The van der Waals surface area contributed by atoms with Crippen LogP contribution in [0.2, 0.25) is 5.02 Å². The summed E-state index contributed by atoms with van der Waals surface area (Å²) in [6.45, 7) is 3.68. The predicted octanol–water partition coefficient (Wildman–Crippen LogP) is 3.31. The molecule has 28 heavy (non-hydrogen) atoms. The SMILES string of the molecule is O=C(CN1CCOCC1)N/N=C/c1ccc(OCc2ccc(Cl)cc2)c(I)c1. The van der Waals surface area contributed by atoms with Crippen LogP contribution in [0.25, 0.3) is 0 Å². The predicted molar refractivity (Wildman–Crippen MR) is 118 cm³/mol. The molecule has 1 fully saturated rings. The van der Waals surface area contributed by atoms with Crippen LogP contribution in [0.5, 0.6) is 5.75 Å². The zero-order chi connectivity index (χ0) is 19.8. The van der Waals surface area contributed by atoms with E-state index in [9.17, 15) is 4.79 Å². The van der Waals surface area contributed by atoms with Crippen LogP contribution in [-0.4, -0.2) is 49.9 Å². The molecule has 1 amide bonds. The van der Waals surface area contributed by atoms with E-state index in [0.29, 0.717) is 31.4 Å². The molecule has 0 unspecified atom stereocenters. The third-order valence-electron chi connectivity index (χ3n) is 4.14. The van der Waals surface area contributed by atoms with Crippen molar-refractivity contribution in [3.63, 3.8) is 0 Å². The molecule has 0 radical (unpaired) electrons. The van der Waals surface area contributed by atoms with E-state index < -0.39 is 0 Å². The van der Waals surface area contributed by atoms with E-state index in [4.69, 9.17) is 21.1 Å². The quantitative estimate of drug-likeness (QED) is 0.351. The van der Waals surface area contributed by atoms with Crippen LogP contribution in [0.15, 0.2) is 47.6 Å². The van der Waals surface area contributed by atoms with Gasteiger partial charge in [0, 0.05) is 18.1 Å². The Morgan fingerprint density at radius 3 is 2.71 bits per heavy atom. The van der Waals surface area contributed by atoms with Crippen LogP contribution in [0, 0.1) is 3.57 Å². The number of nitrogens with one attached hydrogen (secondary N) is 1. The number of carbonyl (C=O) groups is 1. The molecule has 1 heterocycles. The lowest BCUT2D eigenvalue weighted by molar-refractivity contribution is -0.123. The van der Waals surface area contributed by atoms with E-state index in [1.165, 1.54) is 0 Å². The molecule has 8 heteroatoms. The van der Waals surface area contributed by atoms with Crippen LogP contribution in [-0.2, 0) is 16.1 Å². The summed E-state index contributed by atoms with van der Waals surface area (Å²) in [5.41, 5.74) is 4.50. The first-order chi connectivity index (χ1) is 13.6. The van der Waals surface area contributed by atoms with Gasteiger partial charge in [-0.3, -0.25) is 9.69 Å².